The molecule has 0 atom stereocenters. The zero-order chi connectivity index (χ0) is 81.0. The second-order valence-electron chi connectivity index (χ2n) is 25.6. The first-order valence-corrected chi connectivity index (χ1v) is 34.9. The average molecular weight is 1570 g/mol. The Morgan fingerprint density at radius 2 is 0.625 bits per heavy atom. The van der Waals surface area contributed by atoms with Crippen molar-refractivity contribution in [3.05, 3.63) is 193 Å². The summed E-state index contributed by atoms with van der Waals surface area (Å²) >= 11 is 0. The SMILES string of the molecule is Cc1c(C(=O)C(=O)NCc2cn(CCOCCOCC(COCCOCCn3cc(CNC(=O)C(=O)c4c(C)c(C(=O)Nc5ccc(F)c(F)c5)n(C)c4C)nn3)COCCOCCn3cc(CNC(=O)C(=O)c4c(C)c(C(=O)Nc5ccc(F)c(F)c5)n(C)c4C)nn3)nn2)c(C)n(C)c1C(=O)Nc1ccc(F)c(F)c1. The first-order valence-electron chi connectivity index (χ1n) is 34.9. The van der Waals surface area contributed by atoms with Gasteiger partial charge in [0.1, 0.15) is 34.2 Å². The highest BCUT2D eigenvalue weighted by Crippen LogP contribution is 2.28. The van der Waals surface area contributed by atoms with Crippen LogP contribution in [0.3, 0.4) is 0 Å². The quantitative estimate of drug-likeness (QED) is 0.0118. The minimum Gasteiger partial charge on any atom is -0.379 e. The number of carbonyl (C=O) groups is 9. The molecule has 0 saturated heterocycles. The Morgan fingerprint density at radius 3 is 0.884 bits per heavy atom. The van der Waals surface area contributed by atoms with Crippen LogP contribution in [0.5, 0.6) is 0 Å². The molecular weight excluding hydrogens is 1480 g/mol. The molecule has 0 spiro atoms. The van der Waals surface area contributed by atoms with E-state index >= 15 is 0 Å². The minimum absolute atomic E-state index is 0.000893. The van der Waals surface area contributed by atoms with Gasteiger partial charge in [0.15, 0.2) is 34.9 Å². The monoisotopic (exact) mass is 1560 g/mol. The van der Waals surface area contributed by atoms with E-state index in [0.29, 0.717) is 34.2 Å². The molecule has 6 heterocycles. The molecule has 0 aliphatic heterocycles. The molecule has 3 aromatic carbocycles. The normalized spacial score (nSPS) is 11.4. The molecule has 0 unspecified atom stereocenters. The number of ether oxygens (including phenoxy) is 6. The first-order chi connectivity index (χ1) is 53.5. The average Bonchev–Trinajstić information content (AvgIpc) is 1.63. The molecule has 0 saturated carbocycles. The van der Waals surface area contributed by atoms with Crippen molar-refractivity contribution in [3.63, 3.8) is 0 Å². The maximum atomic E-state index is 13.8. The molecule has 9 aromatic rings. The molecule has 6 N–H and O–H groups in total. The summed E-state index contributed by atoms with van der Waals surface area (Å²) in [5, 5.41) is 39.5. The number of nitrogens with zero attached hydrogens (tertiary/aromatic N) is 12. The van der Waals surface area contributed by atoms with Crippen LogP contribution in [0.1, 0.15) is 113 Å². The van der Waals surface area contributed by atoms with E-state index in [1.807, 2.05) is 0 Å². The standard InChI is InChI=1S/C73H82F6N18O15/c1-40-59(43(4)92(7)62(40)68(101)83-47-10-13-53(74)56(77)28-47)65(98)71(104)80-31-50-34-95(89-86-50)16-19-107-22-25-110-37-46(38-111-26-23-108-20-17-96-35-51(87-90-96)32-81-72(105)66(99)60-41(2)63(93(8)44(60)5)69(102)84-48-11-14-54(75)57(78)29-48)39-112-27-24-109-21-18-97-36-52(88-91-97)33-82-73(106)67(100)61-42(3)64(94(9)45(61)6)70(103)85-49-12-15-55(76)58(79)30-49/h10-15,28-30,34-36,46H,16-27,31-33,37-39H2,1-9H3,(H,80,104)(H,81,105)(H,82,106)(H,83,101)(H,84,102)(H,85,103). The van der Waals surface area contributed by atoms with Gasteiger partial charge in [0.25, 0.3) is 52.8 Å². The summed E-state index contributed by atoms with van der Waals surface area (Å²) in [6, 6.07) is 8.59. The number of anilines is 3. The first kappa shape index (κ1) is 84.1. The number of benzene rings is 3. The van der Waals surface area contributed by atoms with Crippen molar-refractivity contribution in [2.24, 2.45) is 27.1 Å². The minimum atomic E-state index is -1.16. The fourth-order valence-electron chi connectivity index (χ4n) is 11.9. The molecule has 596 valence electrons. The number of ketones is 3. The van der Waals surface area contributed by atoms with E-state index in [1.54, 1.807) is 39.4 Å². The Kier molecular flexibility index (Phi) is 29.4. The number of Topliss-reactive ketones (excluding diaryl/α,β-unsaturated/α-hetero) is 3. The third-order valence-electron chi connectivity index (χ3n) is 17.9. The molecule has 0 bridgehead atoms. The summed E-state index contributed by atoms with van der Waals surface area (Å²) < 4.78 is 126. The number of nitrogens with one attached hydrogen (secondary N) is 6. The van der Waals surface area contributed by atoms with Gasteiger partial charge >= 0.3 is 0 Å². The van der Waals surface area contributed by atoms with Crippen molar-refractivity contribution in [3.8, 4) is 0 Å². The van der Waals surface area contributed by atoms with Gasteiger partial charge in [0.05, 0.1) is 154 Å². The lowest BCUT2D eigenvalue weighted by atomic mass is 10.0. The van der Waals surface area contributed by atoms with Gasteiger partial charge in [-0.3, -0.25) is 43.2 Å². The zero-order valence-electron chi connectivity index (χ0n) is 62.5. The van der Waals surface area contributed by atoms with E-state index < -0.39 is 87.7 Å². The highest BCUT2D eigenvalue weighted by Gasteiger charge is 2.33. The molecule has 0 aliphatic rings. The second-order valence-corrected chi connectivity index (χ2v) is 25.6. The van der Waals surface area contributed by atoms with Crippen molar-refractivity contribution in [2.45, 2.75) is 80.8 Å². The van der Waals surface area contributed by atoms with E-state index in [2.05, 4.69) is 62.8 Å². The van der Waals surface area contributed by atoms with E-state index in [9.17, 15) is 69.5 Å². The molecule has 0 radical (unpaired) electrons. The van der Waals surface area contributed by atoms with Crippen LogP contribution in [0, 0.1) is 82.4 Å². The molecule has 0 aliphatic carbocycles. The molecule has 6 amide bonds. The number of amides is 6. The van der Waals surface area contributed by atoms with Gasteiger partial charge in [-0.05, 0) is 94.6 Å². The van der Waals surface area contributed by atoms with E-state index in [4.69, 9.17) is 28.4 Å². The second kappa shape index (κ2) is 39.1. The van der Waals surface area contributed by atoms with Crippen LogP contribution in [0.25, 0.3) is 0 Å². The fourth-order valence-corrected chi connectivity index (χ4v) is 11.9. The predicted octanol–water partition coefficient (Wildman–Crippen LogP) is 5.53. The van der Waals surface area contributed by atoms with Crippen molar-refractivity contribution >= 4 is 69.9 Å². The number of aromatic nitrogens is 12. The smallest absolute Gasteiger partial charge is 0.292 e. The van der Waals surface area contributed by atoms with Crippen LogP contribution in [0.2, 0.25) is 0 Å². The molecular formula is C73H82F6N18O15. The van der Waals surface area contributed by atoms with Crippen molar-refractivity contribution < 1.29 is 97.9 Å². The lowest BCUT2D eigenvalue weighted by molar-refractivity contribution is -0.117. The van der Waals surface area contributed by atoms with Crippen LogP contribution in [0.15, 0.2) is 73.2 Å². The van der Waals surface area contributed by atoms with E-state index in [0.717, 1.165) is 36.4 Å². The summed E-state index contributed by atoms with van der Waals surface area (Å²) in [6.07, 6.45) is 4.70. The Morgan fingerprint density at radius 1 is 0.366 bits per heavy atom. The van der Waals surface area contributed by atoms with Gasteiger partial charge in [-0.2, -0.15) is 0 Å². The van der Waals surface area contributed by atoms with Crippen LogP contribution >= 0.6 is 0 Å². The molecule has 112 heavy (non-hydrogen) atoms. The lowest BCUT2D eigenvalue weighted by Crippen LogP contribution is -2.31. The number of hydrogen-bond acceptors (Lipinski definition) is 21. The molecule has 6 aromatic heterocycles. The molecule has 33 nitrogen and oxygen atoms in total. The number of halogens is 6. The highest BCUT2D eigenvalue weighted by atomic mass is 19.2. The van der Waals surface area contributed by atoms with E-state index in [1.165, 1.54) is 87.9 Å². The van der Waals surface area contributed by atoms with E-state index in [-0.39, 0.29) is 192 Å². The predicted molar refractivity (Wildman–Crippen MR) is 385 cm³/mol. The Balaban J connectivity index is 0.686. The molecule has 9 rings (SSSR count). The van der Waals surface area contributed by atoms with Crippen LogP contribution in [-0.4, -0.2) is 191 Å². The number of rotatable bonds is 42. The summed E-state index contributed by atoms with van der Waals surface area (Å²) in [4.78, 5) is 119. The van der Waals surface area contributed by atoms with Gasteiger partial charge in [-0.1, -0.05) is 15.6 Å². The number of hydrogen-bond donors (Lipinski definition) is 6. The lowest BCUT2D eigenvalue weighted by Gasteiger charge is -2.18. The summed E-state index contributed by atoms with van der Waals surface area (Å²) in [6.45, 7) is 12.0. The maximum absolute atomic E-state index is 13.8. The summed E-state index contributed by atoms with van der Waals surface area (Å²) in [7, 11) is 4.58. The molecule has 0 fully saturated rings. The van der Waals surface area contributed by atoms with Gasteiger partial charge in [-0.15, -0.1) is 15.3 Å². The largest absolute Gasteiger partial charge is 0.379 e. The van der Waals surface area contributed by atoms with Gasteiger partial charge in [-0.25, -0.2) is 40.4 Å². The third-order valence-corrected chi connectivity index (χ3v) is 17.9. The van der Waals surface area contributed by atoms with Crippen LogP contribution in [-0.2, 0) is 103 Å². The summed E-state index contributed by atoms with van der Waals surface area (Å²) in [5.74, 6) is -14.7. The van der Waals surface area contributed by atoms with Crippen LogP contribution in [0.4, 0.5) is 43.4 Å². The van der Waals surface area contributed by atoms with Gasteiger partial charge in [0, 0.05) is 79.4 Å². The topological polar surface area (TPSA) is 388 Å². The highest BCUT2D eigenvalue weighted by molar-refractivity contribution is 6.45. The Bertz CT molecular complexity index is 4490. The third kappa shape index (κ3) is 21.6. The summed E-state index contributed by atoms with van der Waals surface area (Å²) in [5.41, 5.74) is 2.67. The van der Waals surface area contributed by atoms with Gasteiger partial charge in [0.2, 0.25) is 0 Å². The zero-order valence-corrected chi connectivity index (χ0v) is 62.5. The Labute approximate surface area is 635 Å². The fraction of sp³-hybridized carbons (Fsp3) is 0.384. The Hall–Kier alpha value is -11.9. The van der Waals surface area contributed by atoms with Crippen LogP contribution < -0.4 is 31.9 Å². The van der Waals surface area contributed by atoms with Gasteiger partial charge < -0.3 is 74.0 Å². The van der Waals surface area contributed by atoms with Crippen molar-refractivity contribution in [2.75, 3.05) is 95.2 Å². The van der Waals surface area contributed by atoms with Crippen molar-refractivity contribution in [1.82, 2.24) is 74.6 Å². The number of carbonyl (C=O) groups excluding carboxylic acids is 9. The van der Waals surface area contributed by atoms with Crippen molar-refractivity contribution in [1.29, 1.82) is 0 Å². The molecule has 39 heteroatoms. The maximum Gasteiger partial charge on any atom is 0.292 e.